The Bertz CT molecular complexity index is 4110. The molecule has 0 aliphatic heterocycles. The smallest absolute Gasteiger partial charge is 0.136 e. The quantitative estimate of drug-likeness (QED) is 0.174. The Morgan fingerprint density at radius 1 is 0.254 bits per heavy atom. The van der Waals surface area contributed by atoms with Gasteiger partial charge in [0.25, 0.3) is 0 Å². The summed E-state index contributed by atoms with van der Waals surface area (Å²) in [6, 6.07) is 76.4. The van der Waals surface area contributed by atoms with Crippen LogP contribution in [0.25, 0.3) is 121 Å². The molecule has 2 aliphatic rings. The Morgan fingerprint density at radius 2 is 0.667 bits per heavy atom. The third-order valence-corrected chi connectivity index (χ3v) is 14.4. The van der Waals surface area contributed by atoms with Crippen LogP contribution in [0.3, 0.4) is 0 Å². The lowest BCUT2D eigenvalue weighted by Crippen LogP contribution is -2.26. The van der Waals surface area contributed by atoms with Crippen molar-refractivity contribution in [1.29, 1.82) is 0 Å². The van der Waals surface area contributed by atoms with Crippen molar-refractivity contribution >= 4 is 76.2 Å². The Balaban J connectivity index is 0.965. The average molecular weight is 799 g/mol. The van der Waals surface area contributed by atoms with Gasteiger partial charge in [0, 0.05) is 21.5 Å². The summed E-state index contributed by atoms with van der Waals surface area (Å²) < 4.78 is 12.9. The van der Waals surface area contributed by atoms with Gasteiger partial charge in [-0.25, -0.2) is 0 Å². The number of hydrogen-bond acceptors (Lipinski definition) is 2. The topological polar surface area (TPSA) is 26.3 Å². The molecule has 0 amide bonds. The van der Waals surface area contributed by atoms with E-state index in [9.17, 15) is 0 Å². The van der Waals surface area contributed by atoms with Crippen LogP contribution in [-0.2, 0) is 5.41 Å². The van der Waals surface area contributed by atoms with Crippen LogP contribution in [0, 0.1) is 0 Å². The van der Waals surface area contributed by atoms with Crippen molar-refractivity contribution in [3.05, 3.63) is 229 Å². The van der Waals surface area contributed by atoms with Crippen molar-refractivity contribution < 1.29 is 8.83 Å². The van der Waals surface area contributed by atoms with Gasteiger partial charge in [0.1, 0.15) is 22.3 Å². The van der Waals surface area contributed by atoms with Crippen molar-refractivity contribution in [3.8, 4) is 44.5 Å². The first-order valence-corrected chi connectivity index (χ1v) is 21.8. The predicted molar refractivity (Wildman–Crippen MR) is 261 cm³/mol. The van der Waals surface area contributed by atoms with Crippen LogP contribution in [0.2, 0.25) is 0 Å². The van der Waals surface area contributed by atoms with Crippen molar-refractivity contribution in [2.45, 2.75) is 5.41 Å². The van der Waals surface area contributed by atoms with Gasteiger partial charge >= 0.3 is 0 Å². The molecule has 0 bridgehead atoms. The van der Waals surface area contributed by atoms with Gasteiger partial charge in [-0.15, -0.1) is 0 Å². The van der Waals surface area contributed by atoms with Crippen LogP contribution in [0.15, 0.2) is 215 Å². The number of benzene rings is 11. The van der Waals surface area contributed by atoms with Gasteiger partial charge in [-0.05, 0) is 160 Å². The lowest BCUT2D eigenvalue weighted by molar-refractivity contribution is 0.669. The predicted octanol–water partition coefficient (Wildman–Crippen LogP) is 16.6. The number of rotatable bonds is 2. The van der Waals surface area contributed by atoms with E-state index in [1.807, 2.05) is 0 Å². The molecule has 2 aromatic heterocycles. The SMILES string of the molecule is c1ccc2c(c1)-c1ccccc1C21c2cc(-c3ccc4oc5cc6ccccc6cc5c4c3)ccc2-c2ccc3ccc(-c4ccc5oc6cc7ccccc7cc6c5c4)cc3c21. The minimum atomic E-state index is -0.525. The highest BCUT2D eigenvalue weighted by atomic mass is 16.3. The van der Waals surface area contributed by atoms with Gasteiger partial charge in [-0.2, -0.15) is 0 Å². The van der Waals surface area contributed by atoms with Gasteiger partial charge in [0.2, 0.25) is 0 Å². The molecule has 63 heavy (non-hydrogen) atoms. The fourth-order valence-electron chi connectivity index (χ4n) is 11.6. The molecule has 11 aromatic carbocycles. The first-order chi connectivity index (χ1) is 31.2. The maximum absolute atomic E-state index is 6.45. The van der Waals surface area contributed by atoms with Crippen molar-refractivity contribution in [3.63, 3.8) is 0 Å². The van der Waals surface area contributed by atoms with Gasteiger partial charge < -0.3 is 8.83 Å². The van der Waals surface area contributed by atoms with Crippen molar-refractivity contribution in [2.24, 2.45) is 0 Å². The molecule has 13 aromatic rings. The second kappa shape index (κ2) is 12.0. The Kier molecular flexibility index (Phi) is 6.38. The molecule has 0 radical (unpaired) electrons. The summed E-state index contributed by atoms with van der Waals surface area (Å²) in [5.41, 5.74) is 18.4. The molecule has 290 valence electrons. The summed E-state index contributed by atoms with van der Waals surface area (Å²) in [4.78, 5) is 0. The van der Waals surface area contributed by atoms with Crippen LogP contribution < -0.4 is 0 Å². The molecule has 2 aliphatic carbocycles. The molecule has 0 saturated carbocycles. The van der Waals surface area contributed by atoms with E-state index >= 15 is 0 Å². The second-order valence-corrected chi connectivity index (χ2v) is 17.5. The van der Waals surface area contributed by atoms with Gasteiger partial charge in [-0.1, -0.05) is 146 Å². The van der Waals surface area contributed by atoms with Crippen LogP contribution in [0.4, 0.5) is 0 Å². The van der Waals surface area contributed by atoms with Crippen LogP contribution in [0.5, 0.6) is 0 Å². The van der Waals surface area contributed by atoms with E-state index in [-0.39, 0.29) is 0 Å². The summed E-state index contributed by atoms with van der Waals surface area (Å²) >= 11 is 0. The van der Waals surface area contributed by atoms with E-state index in [0.717, 1.165) is 43.9 Å². The Hall–Kier alpha value is -8.20. The molecule has 0 unspecified atom stereocenters. The first kappa shape index (κ1) is 33.5. The normalized spacial score (nSPS) is 13.5. The molecule has 2 heteroatoms. The van der Waals surface area contributed by atoms with E-state index in [4.69, 9.17) is 8.83 Å². The number of fused-ring (bicyclic) bond motifs is 20. The largest absolute Gasteiger partial charge is 0.456 e. The van der Waals surface area contributed by atoms with E-state index in [1.54, 1.807) is 0 Å². The zero-order valence-corrected chi connectivity index (χ0v) is 33.9. The van der Waals surface area contributed by atoms with Crippen molar-refractivity contribution in [2.75, 3.05) is 0 Å². The maximum Gasteiger partial charge on any atom is 0.136 e. The van der Waals surface area contributed by atoms with E-state index < -0.39 is 5.41 Å². The minimum Gasteiger partial charge on any atom is -0.456 e. The summed E-state index contributed by atoms with van der Waals surface area (Å²) in [7, 11) is 0. The number of furan rings is 2. The Labute approximate surface area is 361 Å². The molecule has 2 nitrogen and oxygen atoms in total. The van der Waals surface area contributed by atoms with Gasteiger partial charge in [0.15, 0.2) is 0 Å². The van der Waals surface area contributed by atoms with Gasteiger partial charge in [-0.3, -0.25) is 0 Å². The third kappa shape index (κ3) is 4.42. The molecule has 0 saturated heterocycles. The fourth-order valence-corrected chi connectivity index (χ4v) is 11.6. The summed E-state index contributed by atoms with van der Waals surface area (Å²) in [6.07, 6.45) is 0. The van der Waals surface area contributed by atoms with E-state index in [0.29, 0.717) is 0 Å². The highest BCUT2D eigenvalue weighted by Gasteiger charge is 2.52. The molecule has 0 N–H and O–H groups in total. The lowest BCUT2D eigenvalue weighted by atomic mass is 9.69. The highest BCUT2D eigenvalue weighted by molar-refractivity contribution is 6.13. The van der Waals surface area contributed by atoms with Crippen LogP contribution in [-0.4, -0.2) is 0 Å². The molecular formula is C61H34O2. The molecule has 2 heterocycles. The first-order valence-electron chi connectivity index (χ1n) is 21.8. The molecule has 1 spiro atoms. The second-order valence-electron chi connectivity index (χ2n) is 17.5. The zero-order valence-electron chi connectivity index (χ0n) is 33.9. The molecule has 0 fully saturated rings. The van der Waals surface area contributed by atoms with Crippen molar-refractivity contribution in [1.82, 2.24) is 0 Å². The van der Waals surface area contributed by atoms with Gasteiger partial charge in [0.05, 0.1) is 5.41 Å². The fraction of sp³-hybridized carbons (Fsp3) is 0.0164. The highest BCUT2D eigenvalue weighted by Crippen LogP contribution is 2.64. The monoisotopic (exact) mass is 798 g/mol. The zero-order chi connectivity index (χ0) is 41.0. The summed E-state index contributed by atoms with van der Waals surface area (Å²) in [6.45, 7) is 0. The Morgan fingerprint density at radius 3 is 1.25 bits per heavy atom. The lowest BCUT2D eigenvalue weighted by Gasteiger charge is -2.32. The third-order valence-electron chi connectivity index (χ3n) is 14.4. The van der Waals surface area contributed by atoms with Crippen LogP contribution in [0.1, 0.15) is 22.3 Å². The minimum absolute atomic E-state index is 0.525. The van der Waals surface area contributed by atoms with E-state index in [2.05, 4.69) is 206 Å². The molecule has 0 atom stereocenters. The molecule has 15 rings (SSSR count). The summed E-state index contributed by atoms with van der Waals surface area (Å²) in [5, 5.41) is 11.9. The summed E-state index contributed by atoms with van der Waals surface area (Å²) in [5.74, 6) is 0. The maximum atomic E-state index is 6.45. The molecular weight excluding hydrogens is 765 g/mol. The standard InChI is InChI=1S/C61H34O2/c1-3-11-38-33-58-51(28-36(38)9-1)49-30-41(21-25-56(49)62-58)40-18-17-35-19-24-47-46-23-20-43(42-22-26-57-50(31-42)52-29-37-10-2-4-12-39(37)34-59(52)63-57)32-55(46)61(60(47)48(35)27-40)53-15-7-5-13-44(53)45-14-6-8-16-54(45)61/h1-34H. The average Bonchev–Trinajstić information content (AvgIpc) is 4.06. The number of hydrogen-bond donors (Lipinski definition) is 0. The van der Waals surface area contributed by atoms with E-state index in [1.165, 1.54) is 99.1 Å². The van der Waals surface area contributed by atoms with Crippen LogP contribution >= 0.6 is 0 Å².